The molecule has 0 aromatic heterocycles. The minimum Gasteiger partial charge on any atom is -0.417 e. The zero-order valence-electron chi connectivity index (χ0n) is 13.5. The molecule has 0 radical (unpaired) electrons. The summed E-state index contributed by atoms with van der Waals surface area (Å²) >= 11 is 14.6. The number of ether oxygens (including phenoxy) is 4. The Hall–Kier alpha value is -1.12. The first-order valence-corrected chi connectivity index (χ1v) is 9.02. The smallest absolute Gasteiger partial charge is 0.341 e. The van der Waals surface area contributed by atoms with Crippen LogP contribution in [-0.2, 0) is 25.4 Å². The van der Waals surface area contributed by atoms with E-state index in [1.165, 1.54) is 26.4 Å². The van der Waals surface area contributed by atoms with Gasteiger partial charge in [0.1, 0.15) is 0 Å². The Morgan fingerprint density at radius 2 is 1.68 bits per heavy atom. The molecule has 9 heteroatoms. The number of hydrogen-bond donors (Lipinski definition) is 0. The van der Waals surface area contributed by atoms with E-state index in [4.69, 9.17) is 37.4 Å². The van der Waals surface area contributed by atoms with Crippen LogP contribution in [0.4, 0.5) is 0 Å². The summed E-state index contributed by atoms with van der Waals surface area (Å²) in [5, 5.41) is 0.679. The van der Waals surface area contributed by atoms with Crippen LogP contribution in [0.25, 0.3) is 0 Å². The van der Waals surface area contributed by atoms with Crippen molar-refractivity contribution in [2.45, 2.75) is 17.9 Å². The van der Waals surface area contributed by atoms with Gasteiger partial charge in [-0.3, -0.25) is 0 Å². The number of esters is 2. The quantitative estimate of drug-likeness (QED) is 0.244. The molecule has 0 fully saturated rings. The number of rotatable bonds is 9. The van der Waals surface area contributed by atoms with E-state index in [0.717, 1.165) is 0 Å². The first-order valence-electron chi connectivity index (χ1n) is 7.02. The van der Waals surface area contributed by atoms with E-state index in [9.17, 15) is 9.59 Å². The molecule has 1 aromatic rings. The van der Waals surface area contributed by atoms with Gasteiger partial charge < -0.3 is 18.9 Å². The molecular weight excluding hydrogens is 439 g/mol. The van der Waals surface area contributed by atoms with Crippen molar-refractivity contribution in [1.29, 1.82) is 0 Å². The molecule has 1 aromatic carbocycles. The lowest BCUT2D eigenvalue weighted by Crippen LogP contribution is -2.18. The molecule has 0 bridgehead atoms. The molecule has 0 saturated heterocycles. The maximum absolute atomic E-state index is 12.3. The first-order chi connectivity index (χ1) is 11.9. The molecule has 2 unspecified atom stereocenters. The van der Waals surface area contributed by atoms with E-state index >= 15 is 0 Å². The standard InChI is InChI=1S/C16H17BrCl2O6/c1-22-15(18)24-13(20)11-7-6-10(5-3-4-8-17)12(9-11)14(21)25-16(19)23-2/h3-4,6-7,9,15-16H,5,8H2,1-2H3/b4-3+. The molecule has 0 N–H and O–H groups in total. The average molecular weight is 456 g/mol. The zero-order chi connectivity index (χ0) is 18.8. The molecule has 0 saturated carbocycles. The number of carbonyl (C=O) groups is 2. The van der Waals surface area contributed by atoms with Gasteiger partial charge in [-0.05, 0) is 47.3 Å². The van der Waals surface area contributed by atoms with Gasteiger partial charge in [-0.25, -0.2) is 9.59 Å². The summed E-state index contributed by atoms with van der Waals surface area (Å²) in [6.07, 6.45) is 4.21. The molecule has 0 amide bonds. The minimum absolute atomic E-state index is 0.117. The highest BCUT2D eigenvalue weighted by Gasteiger charge is 2.20. The number of hydrogen-bond acceptors (Lipinski definition) is 6. The largest absolute Gasteiger partial charge is 0.417 e. The van der Waals surface area contributed by atoms with Gasteiger partial charge in [0.25, 0.3) is 11.5 Å². The fourth-order valence-corrected chi connectivity index (χ4v) is 2.17. The number of carbonyl (C=O) groups excluding carboxylic acids is 2. The van der Waals surface area contributed by atoms with Crippen molar-refractivity contribution in [2.75, 3.05) is 19.5 Å². The van der Waals surface area contributed by atoms with Crippen LogP contribution in [0.2, 0.25) is 0 Å². The molecular formula is C16H17BrCl2O6. The van der Waals surface area contributed by atoms with Crippen LogP contribution in [0.1, 0.15) is 26.3 Å². The number of halogens is 3. The van der Waals surface area contributed by atoms with Crippen LogP contribution in [0.3, 0.4) is 0 Å². The predicted octanol–water partition coefficient (Wildman–Crippen LogP) is 3.83. The molecule has 0 aliphatic carbocycles. The Labute approximate surface area is 164 Å². The molecule has 0 spiro atoms. The fourth-order valence-electron chi connectivity index (χ4n) is 1.74. The highest BCUT2D eigenvalue weighted by Crippen LogP contribution is 2.18. The average Bonchev–Trinajstić information content (AvgIpc) is 2.61. The van der Waals surface area contributed by atoms with Gasteiger partial charge in [0.05, 0.1) is 11.1 Å². The van der Waals surface area contributed by atoms with Gasteiger partial charge in [0.2, 0.25) is 0 Å². The molecule has 6 nitrogen and oxygen atoms in total. The highest BCUT2D eigenvalue weighted by molar-refractivity contribution is 9.09. The Balaban J connectivity index is 3.11. The van der Waals surface area contributed by atoms with Crippen molar-refractivity contribution < 1.29 is 28.5 Å². The van der Waals surface area contributed by atoms with Crippen LogP contribution in [-0.4, -0.2) is 43.0 Å². The summed E-state index contributed by atoms with van der Waals surface area (Å²) in [6.45, 7) is 0. The highest BCUT2D eigenvalue weighted by atomic mass is 79.9. The fraction of sp³-hybridized carbons (Fsp3) is 0.375. The summed E-state index contributed by atoms with van der Waals surface area (Å²) in [5.41, 5.74) is 0.930. The molecule has 25 heavy (non-hydrogen) atoms. The van der Waals surface area contributed by atoms with E-state index in [1.807, 2.05) is 12.2 Å². The van der Waals surface area contributed by atoms with Gasteiger partial charge in [0, 0.05) is 19.5 Å². The molecule has 0 aliphatic rings. The van der Waals surface area contributed by atoms with Crippen LogP contribution >= 0.6 is 39.1 Å². The molecule has 0 aliphatic heterocycles. The van der Waals surface area contributed by atoms with Crippen LogP contribution in [0.5, 0.6) is 0 Å². The van der Waals surface area contributed by atoms with Crippen molar-refractivity contribution in [3.05, 3.63) is 47.0 Å². The zero-order valence-corrected chi connectivity index (χ0v) is 16.6. The number of benzene rings is 1. The number of allylic oxidation sites excluding steroid dienone is 2. The molecule has 0 heterocycles. The minimum atomic E-state index is -1.24. The van der Waals surface area contributed by atoms with Crippen molar-refractivity contribution in [3.63, 3.8) is 0 Å². The summed E-state index contributed by atoms with van der Waals surface area (Å²) < 4.78 is 19.1. The Bertz CT molecular complexity index is 623. The summed E-state index contributed by atoms with van der Waals surface area (Å²) in [6, 6.07) is 4.49. The Morgan fingerprint density at radius 3 is 2.24 bits per heavy atom. The third kappa shape index (κ3) is 7.33. The van der Waals surface area contributed by atoms with E-state index in [0.29, 0.717) is 17.3 Å². The monoisotopic (exact) mass is 454 g/mol. The van der Waals surface area contributed by atoms with Gasteiger partial charge in [-0.1, -0.05) is 34.1 Å². The lowest BCUT2D eigenvalue weighted by molar-refractivity contribution is -0.0391. The molecule has 1 rings (SSSR count). The second-order valence-corrected chi connectivity index (χ2v) is 5.89. The summed E-state index contributed by atoms with van der Waals surface area (Å²) in [4.78, 5) is 24.3. The first kappa shape index (κ1) is 21.9. The predicted molar refractivity (Wildman–Crippen MR) is 97.2 cm³/mol. The lowest BCUT2D eigenvalue weighted by Gasteiger charge is -2.13. The van der Waals surface area contributed by atoms with Crippen LogP contribution in [0.15, 0.2) is 30.4 Å². The van der Waals surface area contributed by atoms with Gasteiger partial charge in [-0.2, -0.15) is 0 Å². The van der Waals surface area contributed by atoms with Gasteiger partial charge in [-0.15, -0.1) is 0 Å². The summed E-state index contributed by atoms with van der Waals surface area (Å²) in [7, 11) is 2.59. The second-order valence-electron chi connectivity index (χ2n) is 4.53. The maximum Gasteiger partial charge on any atom is 0.341 e. The third-order valence-corrected chi connectivity index (χ3v) is 3.84. The Kier molecular flexibility index (Phi) is 10.1. The normalized spacial score (nSPS) is 13.5. The van der Waals surface area contributed by atoms with Crippen molar-refractivity contribution in [2.24, 2.45) is 0 Å². The van der Waals surface area contributed by atoms with Gasteiger partial charge in [0.15, 0.2) is 0 Å². The van der Waals surface area contributed by atoms with E-state index in [1.54, 1.807) is 6.07 Å². The molecule has 2 atom stereocenters. The topological polar surface area (TPSA) is 71.1 Å². The van der Waals surface area contributed by atoms with Crippen molar-refractivity contribution in [3.8, 4) is 0 Å². The number of methoxy groups -OCH3 is 2. The third-order valence-electron chi connectivity index (χ3n) is 2.93. The van der Waals surface area contributed by atoms with E-state index < -0.39 is 23.4 Å². The Morgan fingerprint density at radius 1 is 1.08 bits per heavy atom. The maximum atomic E-state index is 12.3. The van der Waals surface area contributed by atoms with Gasteiger partial charge >= 0.3 is 11.9 Å². The van der Waals surface area contributed by atoms with Crippen molar-refractivity contribution in [1.82, 2.24) is 0 Å². The van der Waals surface area contributed by atoms with E-state index in [-0.39, 0.29) is 11.1 Å². The lowest BCUT2D eigenvalue weighted by atomic mass is 10.0. The van der Waals surface area contributed by atoms with Crippen molar-refractivity contribution >= 4 is 51.1 Å². The second kappa shape index (κ2) is 11.5. The number of alkyl halides is 3. The van der Waals surface area contributed by atoms with Crippen LogP contribution < -0.4 is 0 Å². The molecule has 138 valence electrons. The van der Waals surface area contributed by atoms with E-state index in [2.05, 4.69) is 20.7 Å². The summed E-state index contributed by atoms with van der Waals surface area (Å²) in [5.74, 6) is -3.94. The SMILES string of the molecule is COC(Cl)OC(=O)c1ccc(C/C=C/CBr)c(C(=O)OC(Cl)OC)c1. The van der Waals surface area contributed by atoms with Crippen LogP contribution in [0, 0.1) is 0 Å².